The minimum Gasteiger partial charge on any atom is -0.461 e. The van der Waals surface area contributed by atoms with Gasteiger partial charge in [0.2, 0.25) is 5.78 Å². The number of halogens is 1. The predicted octanol–water partition coefficient (Wildman–Crippen LogP) is 4.35. The van der Waals surface area contributed by atoms with Crippen molar-refractivity contribution >= 4 is 29.2 Å². The molecule has 0 fully saturated rings. The van der Waals surface area contributed by atoms with Crippen molar-refractivity contribution in [3.05, 3.63) is 72.3 Å². The smallest absolute Gasteiger partial charge is 0.411 e. The Labute approximate surface area is 178 Å². The fourth-order valence-corrected chi connectivity index (χ4v) is 2.66. The first-order valence-electron chi connectivity index (χ1n) is 9.15. The van der Waals surface area contributed by atoms with Crippen LogP contribution in [0.4, 0.5) is 10.5 Å². The van der Waals surface area contributed by atoms with Gasteiger partial charge in [-0.15, -0.1) is 0 Å². The maximum atomic E-state index is 13.3. The van der Waals surface area contributed by atoms with Gasteiger partial charge in [0.15, 0.2) is 0 Å². The van der Waals surface area contributed by atoms with Crippen LogP contribution in [0.15, 0.2) is 67.3 Å². The van der Waals surface area contributed by atoms with Crippen LogP contribution in [-0.4, -0.2) is 33.2 Å². The van der Waals surface area contributed by atoms with Crippen molar-refractivity contribution in [1.29, 1.82) is 0 Å². The number of para-hydroxylation sites is 1. The molecule has 0 saturated carbocycles. The summed E-state index contributed by atoms with van der Waals surface area (Å²) in [5.74, 6) is 0.0993. The molecule has 3 aromatic rings. The van der Waals surface area contributed by atoms with Crippen LogP contribution in [0.2, 0.25) is 5.02 Å². The maximum absolute atomic E-state index is 13.3. The summed E-state index contributed by atoms with van der Waals surface area (Å²) in [6.45, 7) is 3.18. The molecule has 156 valence electrons. The van der Waals surface area contributed by atoms with Gasteiger partial charge in [-0.2, -0.15) is 5.10 Å². The Kier molecular flexibility index (Phi) is 6.68. The second kappa shape index (κ2) is 9.41. The van der Waals surface area contributed by atoms with E-state index in [0.29, 0.717) is 16.5 Å². The first kappa shape index (κ1) is 21.3. The fraction of sp³-hybridized carbons (Fsp3) is 0.238. The quantitative estimate of drug-likeness (QED) is 0.573. The Hall–Kier alpha value is -3.39. The van der Waals surface area contributed by atoms with E-state index in [1.165, 1.54) is 17.3 Å². The largest absolute Gasteiger partial charge is 0.461 e. The molecule has 1 atom stereocenters. The molecule has 1 N–H and O–H groups in total. The minimum absolute atomic E-state index is 0.153. The molecule has 3 rings (SSSR count). The highest BCUT2D eigenvalue weighted by Gasteiger charge is 2.38. The number of rotatable bonds is 8. The van der Waals surface area contributed by atoms with Crippen LogP contribution < -0.4 is 10.1 Å². The van der Waals surface area contributed by atoms with Gasteiger partial charge in [-0.3, -0.25) is 10.1 Å². The monoisotopic (exact) mass is 428 g/mol. The molecule has 0 spiro atoms. The van der Waals surface area contributed by atoms with Gasteiger partial charge in [0.1, 0.15) is 25.0 Å². The molecular formula is C21H21ClN4O4. The Morgan fingerprint density at radius 2 is 1.83 bits per heavy atom. The highest BCUT2D eigenvalue weighted by atomic mass is 35.5. The van der Waals surface area contributed by atoms with Crippen LogP contribution in [0.3, 0.4) is 0 Å². The van der Waals surface area contributed by atoms with Crippen molar-refractivity contribution < 1.29 is 19.1 Å². The summed E-state index contributed by atoms with van der Waals surface area (Å²) in [7, 11) is 0. The number of hydrogen-bond donors (Lipinski definition) is 1. The summed E-state index contributed by atoms with van der Waals surface area (Å²) in [5.41, 5.74) is -0.463. The van der Waals surface area contributed by atoms with Crippen LogP contribution >= 0.6 is 11.6 Å². The third-order valence-corrected chi connectivity index (χ3v) is 4.47. The van der Waals surface area contributed by atoms with E-state index in [0.717, 1.165) is 0 Å². The Balaban J connectivity index is 1.69. The van der Waals surface area contributed by atoms with Crippen LogP contribution in [0.25, 0.3) is 0 Å². The van der Waals surface area contributed by atoms with Crippen molar-refractivity contribution in [2.45, 2.75) is 20.1 Å². The third kappa shape index (κ3) is 5.57. The van der Waals surface area contributed by atoms with Crippen molar-refractivity contribution in [2.24, 2.45) is 5.41 Å². The van der Waals surface area contributed by atoms with E-state index in [1.807, 2.05) is 6.07 Å². The Morgan fingerprint density at radius 3 is 2.47 bits per heavy atom. The molecule has 0 aliphatic rings. The molecule has 0 radical (unpaired) electrons. The number of nitrogens with zero attached hydrogens (tertiary/aromatic N) is 3. The number of carbonyl (C=O) groups excluding carboxylic acids is 2. The lowest BCUT2D eigenvalue weighted by Gasteiger charge is -2.28. The standard InChI is InChI=1S/C21H21ClN4O4/c1-21(2,12-29-20(28)25-16-6-4-3-5-7-16)18(27)19(26-14-23-13-24-26)30-17-10-8-15(22)9-11-17/h3-11,13-14,19H,12H2,1-2H3,(H,25,28). The lowest BCUT2D eigenvalue weighted by atomic mass is 9.88. The molecule has 0 aliphatic carbocycles. The molecule has 0 saturated heterocycles. The maximum Gasteiger partial charge on any atom is 0.411 e. The van der Waals surface area contributed by atoms with Gasteiger partial charge in [-0.05, 0) is 50.2 Å². The molecule has 9 heteroatoms. The van der Waals surface area contributed by atoms with Crippen molar-refractivity contribution in [1.82, 2.24) is 14.8 Å². The van der Waals surface area contributed by atoms with Crippen LogP contribution in [0.5, 0.6) is 5.75 Å². The van der Waals surface area contributed by atoms with E-state index >= 15 is 0 Å². The van der Waals surface area contributed by atoms with E-state index in [1.54, 1.807) is 62.4 Å². The normalized spacial score (nSPS) is 12.1. The Bertz CT molecular complexity index is 976. The molecule has 0 aliphatic heterocycles. The van der Waals surface area contributed by atoms with Crippen molar-refractivity contribution in [2.75, 3.05) is 11.9 Å². The summed E-state index contributed by atoms with van der Waals surface area (Å²) in [4.78, 5) is 29.2. The number of ketones is 1. The number of hydrogen-bond acceptors (Lipinski definition) is 6. The van der Waals surface area contributed by atoms with Gasteiger partial charge in [0, 0.05) is 10.7 Å². The second-order valence-electron chi connectivity index (χ2n) is 7.11. The number of carbonyl (C=O) groups is 2. The van der Waals surface area contributed by atoms with Gasteiger partial charge in [-0.1, -0.05) is 29.8 Å². The fourth-order valence-electron chi connectivity index (χ4n) is 2.53. The number of Topliss-reactive ketones (excluding diaryl/α,β-unsaturated/α-hetero) is 1. The number of anilines is 1. The van der Waals surface area contributed by atoms with Crippen molar-refractivity contribution in [3.63, 3.8) is 0 Å². The SMILES string of the molecule is CC(C)(COC(=O)Nc1ccccc1)C(=O)C(Oc1ccc(Cl)cc1)n1cncn1. The van der Waals surface area contributed by atoms with E-state index in [2.05, 4.69) is 15.4 Å². The summed E-state index contributed by atoms with van der Waals surface area (Å²) in [5, 5.41) is 7.19. The van der Waals surface area contributed by atoms with E-state index in [9.17, 15) is 9.59 Å². The minimum atomic E-state index is -1.09. The zero-order valence-electron chi connectivity index (χ0n) is 16.5. The number of ether oxygens (including phenoxy) is 2. The van der Waals surface area contributed by atoms with Crippen LogP contribution in [0, 0.1) is 5.41 Å². The van der Waals surface area contributed by atoms with Gasteiger partial charge >= 0.3 is 6.09 Å². The van der Waals surface area contributed by atoms with Gasteiger partial charge in [-0.25, -0.2) is 14.5 Å². The highest BCUT2D eigenvalue weighted by molar-refractivity contribution is 6.30. The van der Waals surface area contributed by atoms with E-state index in [-0.39, 0.29) is 12.4 Å². The lowest BCUT2D eigenvalue weighted by Crippen LogP contribution is -2.40. The summed E-state index contributed by atoms with van der Waals surface area (Å²) in [6, 6.07) is 15.5. The molecule has 1 amide bonds. The second-order valence-corrected chi connectivity index (χ2v) is 7.55. The van der Waals surface area contributed by atoms with Crippen LogP contribution in [0.1, 0.15) is 20.1 Å². The molecule has 1 unspecified atom stereocenters. The Morgan fingerprint density at radius 1 is 1.13 bits per heavy atom. The first-order valence-corrected chi connectivity index (χ1v) is 9.52. The molecule has 1 aromatic heterocycles. The molecular weight excluding hydrogens is 408 g/mol. The number of benzene rings is 2. The molecule has 30 heavy (non-hydrogen) atoms. The van der Waals surface area contributed by atoms with E-state index < -0.39 is 17.7 Å². The van der Waals surface area contributed by atoms with Gasteiger partial charge < -0.3 is 9.47 Å². The molecule has 2 aromatic carbocycles. The van der Waals surface area contributed by atoms with Crippen molar-refractivity contribution in [3.8, 4) is 5.75 Å². The zero-order chi connectivity index (χ0) is 21.6. The number of nitrogens with one attached hydrogen (secondary N) is 1. The lowest BCUT2D eigenvalue weighted by molar-refractivity contribution is -0.141. The zero-order valence-corrected chi connectivity index (χ0v) is 17.2. The summed E-state index contributed by atoms with van der Waals surface area (Å²) in [6.07, 6.45) is 0.947. The molecule has 1 heterocycles. The summed E-state index contributed by atoms with van der Waals surface area (Å²) < 4.78 is 12.4. The summed E-state index contributed by atoms with van der Waals surface area (Å²) >= 11 is 5.91. The molecule has 0 bridgehead atoms. The third-order valence-electron chi connectivity index (χ3n) is 4.21. The topological polar surface area (TPSA) is 95.3 Å². The average molecular weight is 429 g/mol. The molecule has 8 nitrogen and oxygen atoms in total. The first-order chi connectivity index (χ1) is 14.3. The van der Waals surface area contributed by atoms with Gasteiger partial charge in [0.25, 0.3) is 6.23 Å². The number of aromatic nitrogens is 3. The highest BCUT2D eigenvalue weighted by Crippen LogP contribution is 2.28. The number of amides is 1. The average Bonchev–Trinajstić information content (AvgIpc) is 3.27. The van der Waals surface area contributed by atoms with Crippen LogP contribution in [-0.2, 0) is 9.53 Å². The van der Waals surface area contributed by atoms with Gasteiger partial charge in [0.05, 0.1) is 5.41 Å². The van der Waals surface area contributed by atoms with E-state index in [4.69, 9.17) is 21.1 Å². The predicted molar refractivity (Wildman–Crippen MR) is 111 cm³/mol.